The van der Waals surface area contributed by atoms with Gasteiger partial charge in [-0.25, -0.2) is 4.98 Å². The van der Waals surface area contributed by atoms with Crippen molar-refractivity contribution in [1.29, 1.82) is 0 Å². The predicted molar refractivity (Wildman–Crippen MR) is 116 cm³/mol. The number of amides is 1. The summed E-state index contributed by atoms with van der Waals surface area (Å²) in [6.07, 6.45) is 2.29. The lowest BCUT2D eigenvalue weighted by atomic mass is 10.1. The van der Waals surface area contributed by atoms with E-state index in [-0.39, 0.29) is 17.2 Å². The van der Waals surface area contributed by atoms with Crippen LogP contribution in [0.4, 0.5) is 0 Å². The fourth-order valence-corrected chi connectivity index (χ4v) is 5.36. The third kappa shape index (κ3) is 3.61. The van der Waals surface area contributed by atoms with Gasteiger partial charge in [0.15, 0.2) is 5.16 Å². The van der Waals surface area contributed by atoms with E-state index in [0.29, 0.717) is 24.2 Å². The van der Waals surface area contributed by atoms with Crippen LogP contribution in [0.3, 0.4) is 0 Å². The molecule has 28 heavy (non-hydrogen) atoms. The molecule has 0 unspecified atom stereocenters. The molecule has 4 rings (SSSR count). The van der Waals surface area contributed by atoms with Crippen molar-refractivity contribution in [3.8, 4) is 5.69 Å². The summed E-state index contributed by atoms with van der Waals surface area (Å²) in [4.78, 5) is 33.3. The molecule has 1 amide bonds. The van der Waals surface area contributed by atoms with Crippen LogP contribution in [0.25, 0.3) is 15.9 Å². The van der Waals surface area contributed by atoms with Crippen LogP contribution in [0.5, 0.6) is 0 Å². The highest BCUT2D eigenvalue weighted by atomic mass is 32.2. The summed E-state index contributed by atoms with van der Waals surface area (Å²) in [6, 6.07) is 9.58. The van der Waals surface area contributed by atoms with Crippen molar-refractivity contribution in [3.05, 3.63) is 51.6 Å². The second-order valence-electron chi connectivity index (χ2n) is 6.87. The van der Waals surface area contributed by atoms with E-state index in [9.17, 15) is 9.59 Å². The molecule has 0 spiro atoms. The van der Waals surface area contributed by atoms with Crippen molar-refractivity contribution in [2.45, 2.75) is 37.8 Å². The minimum absolute atomic E-state index is 0.0304. The third-order valence-corrected chi connectivity index (χ3v) is 6.89. The predicted octanol–water partition coefficient (Wildman–Crippen LogP) is 4.29. The Kier molecular flexibility index (Phi) is 5.55. The van der Waals surface area contributed by atoms with Crippen molar-refractivity contribution < 1.29 is 4.79 Å². The van der Waals surface area contributed by atoms with Crippen molar-refractivity contribution in [2.24, 2.45) is 0 Å². The Morgan fingerprint density at radius 2 is 1.96 bits per heavy atom. The number of nitrogens with zero attached hydrogens (tertiary/aromatic N) is 3. The molecule has 5 nitrogen and oxygen atoms in total. The van der Waals surface area contributed by atoms with Gasteiger partial charge in [-0.2, -0.15) is 0 Å². The number of rotatable bonds is 7. The number of carbonyl (C=O) groups is 1. The van der Waals surface area contributed by atoms with Crippen molar-refractivity contribution in [1.82, 2.24) is 14.5 Å². The molecule has 0 atom stereocenters. The maximum atomic E-state index is 13.5. The highest BCUT2D eigenvalue weighted by Crippen LogP contribution is 2.44. The quantitative estimate of drug-likeness (QED) is 0.428. The van der Waals surface area contributed by atoms with Gasteiger partial charge in [-0.15, -0.1) is 11.3 Å². The van der Waals surface area contributed by atoms with Gasteiger partial charge in [-0.3, -0.25) is 14.2 Å². The first kappa shape index (κ1) is 19.2. The lowest BCUT2D eigenvalue weighted by Gasteiger charge is -2.18. The summed E-state index contributed by atoms with van der Waals surface area (Å²) in [5.41, 5.74) is 1.89. The zero-order valence-corrected chi connectivity index (χ0v) is 17.7. The van der Waals surface area contributed by atoms with E-state index in [1.807, 2.05) is 44.2 Å². The summed E-state index contributed by atoms with van der Waals surface area (Å²) in [6.45, 7) is 5.32. The molecule has 1 fully saturated rings. The Hall–Kier alpha value is -2.12. The van der Waals surface area contributed by atoms with Gasteiger partial charge in [0, 0.05) is 13.1 Å². The van der Waals surface area contributed by atoms with Gasteiger partial charge in [0.05, 0.1) is 16.8 Å². The van der Waals surface area contributed by atoms with Gasteiger partial charge in [0.1, 0.15) is 4.83 Å². The van der Waals surface area contributed by atoms with Crippen LogP contribution in [-0.4, -0.2) is 39.2 Å². The van der Waals surface area contributed by atoms with Gasteiger partial charge in [-0.1, -0.05) is 30.0 Å². The number of benzene rings is 1. The molecule has 0 N–H and O–H groups in total. The maximum Gasteiger partial charge on any atom is 0.267 e. The lowest BCUT2D eigenvalue weighted by Crippen LogP contribution is -2.32. The van der Waals surface area contributed by atoms with E-state index < -0.39 is 0 Å². The first-order valence-electron chi connectivity index (χ1n) is 9.64. The number of aromatic nitrogens is 2. The molecule has 2 aromatic heterocycles. The van der Waals surface area contributed by atoms with E-state index in [0.717, 1.165) is 34.3 Å². The number of thioether (sulfide) groups is 1. The molecule has 146 valence electrons. The Morgan fingerprint density at radius 1 is 1.25 bits per heavy atom. The average Bonchev–Trinajstić information content (AvgIpc) is 3.47. The molecule has 0 bridgehead atoms. The van der Waals surface area contributed by atoms with Gasteiger partial charge in [0.2, 0.25) is 5.91 Å². The third-order valence-electron chi connectivity index (χ3n) is 5.08. The fourth-order valence-electron chi connectivity index (χ4n) is 3.38. The Labute approximate surface area is 172 Å². The number of hydrogen-bond acceptors (Lipinski definition) is 5. The van der Waals surface area contributed by atoms with Crippen LogP contribution in [0, 0.1) is 0 Å². The lowest BCUT2D eigenvalue weighted by molar-refractivity contribution is -0.127. The topological polar surface area (TPSA) is 55.2 Å². The molecule has 3 aromatic rings. The average molecular weight is 414 g/mol. The minimum atomic E-state index is -0.0304. The monoisotopic (exact) mass is 413 g/mol. The number of thiophene rings is 1. The van der Waals surface area contributed by atoms with Crippen LogP contribution in [-0.2, 0) is 4.79 Å². The highest BCUT2D eigenvalue weighted by molar-refractivity contribution is 7.99. The van der Waals surface area contributed by atoms with Crippen LogP contribution >= 0.6 is 23.1 Å². The molecular weight excluding hydrogens is 390 g/mol. The number of fused-ring (bicyclic) bond motifs is 1. The van der Waals surface area contributed by atoms with E-state index in [1.54, 1.807) is 9.47 Å². The Bertz CT molecular complexity index is 1050. The van der Waals surface area contributed by atoms with E-state index in [2.05, 4.69) is 5.38 Å². The molecule has 1 saturated carbocycles. The number of hydrogen-bond donors (Lipinski definition) is 0. The van der Waals surface area contributed by atoms with Crippen molar-refractivity contribution >= 4 is 39.2 Å². The first-order valence-corrected chi connectivity index (χ1v) is 11.5. The molecule has 0 saturated heterocycles. The van der Waals surface area contributed by atoms with Gasteiger partial charge in [0.25, 0.3) is 5.56 Å². The standard InChI is InChI=1S/C21H23N3O2S2/c1-3-23(4-2)17(25)13-28-21-22-19-18(16(12-27-19)14-10-11-14)20(26)24(21)15-8-6-5-7-9-15/h5-9,12,14H,3-4,10-11,13H2,1-2H3. The van der Waals surface area contributed by atoms with Gasteiger partial charge >= 0.3 is 0 Å². The zero-order chi connectivity index (χ0) is 19.7. The van der Waals surface area contributed by atoms with Crippen LogP contribution in [0.2, 0.25) is 0 Å². The molecular formula is C21H23N3O2S2. The minimum Gasteiger partial charge on any atom is -0.343 e. The summed E-state index contributed by atoms with van der Waals surface area (Å²) in [5.74, 6) is 0.830. The summed E-state index contributed by atoms with van der Waals surface area (Å²) >= 11 is 2.87. The summed E-state index contributed by atoms with van der Waals surface area (Å²) in [5, 5.41) is 3.41. The number of para-hydroxylation sites is 1. The van der Waals surface area contributed by atoms with Crippen LogP contribution in [0.1, 0.15) is 38.2 Å². The fraction of sp³-hybridized carbons (Fsp3) is 0.381. The van der Waals surface area contributed by atoms with Gasteiger partial charge in [-0.05, 0) is 55.7 Å². The highest BCUT2D eigenvalue weighted by Gasteiger charge is 2.29. The molecule has 0 aliphatic heterocycles. The normalized spacial score (nSPS) is 13.8. The molecule has 0 radical (unpaired) electrons. The molecule has 1 aliphatic rings. The second-order valence-corrected chi connectivity index (χ2v) is 8.67. The van der Waals surface area contributed by atoms with Crippen LogP contribution < -0.4 is 5.56 Å². The molecule has 2 heterocycles. The summed E-state index contributed by atoms with van der Waals surface area (Å²) < 4.78 is 1.67. The molecule has 7 heteroatoms. The maximum absolute atomic E-state index is 13.5. The van der Waals surface area contributed by atoms with E-state index >= 15 is 0 Å². The zero-order valence-electron chi connectivity index (χ0n) is 16.1. The Morgan fingerprint density at radius 3 is 2.61 bits per heavy atom. The SMILES string of the molecule is CCN(CC)C(=O)CSc1nc2scc(C3CC3)c2c(=O)n1-c1ccccc1. The van der Waals surface area contributed by atoms with Gasteiger partial charge < -0.3 is 4.90 Å². The molecule has 1 aliphatic carbocycles. The van der Waals surface area contributed by atoms with E-state index in [4.69, 9.17) is 4.98 Å². The number of carbonyl (C=O) groups excluding carboxylic acids is 1. The first-order chi connectivity index (χ1) is 13.6. The smallest absolute Gasteiger partial charge is 0.267 e. The van der Waals surface area contributed by atoms with E-state index in [1.165, 1.54) is 23.1 Å². The largest absolute Gasteiger partial charge is 0.343 e. The second kappa shape index (κ2) is 8.09. The summed E-state index contributed by atoms with van der Waals surface area (Å²) in [7, 11) is 0. The van der Waals surface area contributed by atoms with Crippen molar-refractivity contribution in [2.75, 3.05) is 18.8 Å². The van der Waals surface area contributed by atoms with Crippen molar-refractivity contribution in [3.63, 3.8) is 0 Å². The van der Waals surface area contributed by atoms with Crippen LogP contribution in [0.15, 0.2) is 45.7 Å². The molecule has 1 aromatic carbocycles. The Balaban J connectivity index is 1.78.